The fourth-order valence-electron chi connectivity index (χ4n) is 8.45. The molecule has 5 aliphatic rings. The maximum atomic E-state index is 14.0. The van der Waals surface area contributed by atoms with Crippen molar-refractivity contribution in [3.05, 3.63) is 23.5 Å². The van der Waals surface area contributed by atoms with E-state index in [1.807, 2.05) is 13.0 Å². The maximum Gasteiger partial charge on any atom is 0.302 e. The first kappa shape index (κ1) is 23.8. The highest BCUT2D eigenvalue weighted by atomic mass is 16.5. The summed E-state index contributed by atoms with van der Waals surface area (Å²) in [5, 5.41) is 0. The zero-order chi connectivity index (χ0) is 24.4. The number of rotatable bonds is 3. The molecule has 5 heteroatoms. The summed E-state index contributed by atoms with van der Waals surface area (Å²) in [5.41, 5.74) is 0.431. The highest BCUT2D eigenvalue weighted by Crippen LogP contribution is 2.65. The van der Waals surface area contributed by atoms with Crippen LogP contribution in [0.25, 0.3) is 0 Å². The standard InChI is InChI=1S/C29H40O5/c1-16-6-9-25(33-15-16)17(2)27-24(31)13-23-21-8-7-19-12-20(34-18(3)30)10-11-28(19,4)22(21)14-26(32)29(23,27)5/h9,13,16-17,19-22,27H,6-8,10-12,14-15H2,1-5H3/t16-,17-,19+,20+,21-,22+,27+,28+,29-/m1/s1. The molecule has 0 saturated heterocycles. The van der Waals surface area contributed by atoms with Crippen LogP contribution in [-0.2, 0) is 23.9 Å². The van der Waals surface area contributed by atoms with E-state index in [1.54, 1.807) is 0 Å². The summed E-state index contributed by atoms with van der Waals surface area (Å²) < 4.78 is 11.6. The van der Waals surface area contributed by atoms with Crippen molar-refractivity contribution < 1.29 is 23.9 Å². The highest BCUT2D eigenvalue weighted by molar-refractivity contribution is 6.06. The summed E-state index contributed by atoms with van der Waals surface area (Å²) in [4.78, 5) is 38.9. The Bertz CT molecular complexity index is 962. The minimum absolute atomic E-state index is 0.000623. The van der Waals surface area contributed by atoms with Crippen LogP contribution in [0.4, 0.5) is 0 Å². The third-order valence-corrected chi connectivity index (χ3v) is 10.4. The number of allylic oxidation sites excluding steroid dienone is 4. The second kappa shape index (κ2) is 8.34. The van der Waals surface area contributed by atoms with E-state index < -0.39 is 5.41 Å². The predicted octanol–water partition coefficient (Wildman–Crippen LogP) is 5.43. The number of ether oxygens (including phenoxy) is 2. The molecule has 5 nitrogen and oxygen atoms in total. The third-order valence-electron chi connectivity index (χ3n) is 10.4. The van der Waals surface area contributed by atoms with Gasteiger partial charge in [-0.05, 0) is 92.3 Å². The third kappa shape index (κ3) is 3.52. The molecule has 4 aliphatic carbocycles. The molecule has 0 unspecified atom stereocenters. The van der Waals surface area contributed by atoms with Gasteiger partial charge in [-0.15, -0.1) is 0 Å². The van der Waals surface area contributed by atoms with Crippen molar-refractivity contribution in [3.8, 4) is 0 Å². The fourth-order valence-corrected chi connectivity index (χ4v) is 8.45. The van der Waals surface area contributed by atoms with Crippen molar-refractivity contribution in [2.45, 2.75) is 85.7 Å². The fraction of sp³-hybridized carbons (Fsp3) is 0.759. The number of fused-ring (bicyclic) bond motifs is 5. The molecule has 1 heterocycles. The van der Waals surface area contributed by atoms with Gasteiger partial charge in [0.05, 0.1) is 17.8 Å². The Labute approximate surface area is 203 Å². The van der Waals surface area contributed by atoms with E-state index >= 15 is 0 Å². The van der Waals surface area contributed by atoms with Crippen LogP contribution in [0.1, 0.15) is 79.6 Å². The van der Waals surface area contributed by atoms with E-state index in [9.17, 15) is 14.4 Å². The van der Waals surface area contributed by atoms with Crippen LogP contribution in [0.2, 0.25) is 0 Å². The van der Waals surface area contributed by atoms with Gasteiger partial charge in [-0.25, -0.2) is 0 Å². The van der Waals surface area contributed by atoms with E-state index in [2.05, 4.69) is 26.8 Å². The molecular weight excluding hydrogens is 428 g/mol. The minimum atomic E-state index is -0.719. The number of carbonyl (C=O) groups is 3. The Morgan fingerprint density at radius 2 is 1.97 bits per heavy atom. The zero-order valence-corrected chi connectivity index (χ0v) is 21.4. The van der Waals surface area contributed by atoms with Gasteiger partial charge in [-0.3, -0.25) is 14.4 Å². The maximum absolute atomic E-state index is 14.0. The Kier molecular flexibility index (Phi) is 5.84. The first-order chi connectivity index (χ1) is 16.1. The van der Waals surface area contributed by atoms with Gasteiger partial charge in [-0.1, -0.05) is 20.8 Å². The normalized spacial score (nSPS) is 44.6. The van der Waals surface area contributed by atoms with Crippen molar-refractivity contribution in [2.75, 3.05) is 6.61 Å². The van der Waals surface area contributed by atoms with E-state index in [0.29, 0.717) is 24.9 Å². The van der Waals surface area contributed by atoms with Gasteiger partial charge in [0.25, 0.3) is 0 Å². The van der Waals surface area contributed by atoms with Crippen LogP contribution in [-0.4, -0.2) is 30.2 Å². The predicted molar refractivity (Wildman–Crippen MR) is 129 cm³/mol. The molecule has 9 atom stereocenters. The van der Waals surface area contributed by atoms with E-state index in [-0.39, 0.29) is 52.7 Å². The summed E-state index contributed by atoms with van der Waals surface area (Å²) >= 11 is 0. The van der Waals surface area contributed by atoms with Gasteiger partial charge < -0.3 is 9.47 Å². The quantitative estimate of drug-likeness (QED) is 0.517. The van der Waals surface area contributed by atoms with Gasteiger partial charge in [0.15, 0.2) is 5.78 Å². The summed E-state index contributed by atoms with van der Waals surface area (Å²) in [6, 6.07) is 0. The van der Waals surface area contributed by atoms with E-state index in [1.165, 1.54) is 6.92 Å². The van der Waals surface area contributed by atoms with Crippen molar-refractivity contribution in [2.24, 2.45) is 46.3 Å². The largest absolute Gasteiger partial charge is 0.498 e. The molecule has 0 aromatic carbocycles. The summed E-state index contributed by atoms with van der Waals surface area (Å²) in [7, 11) is 0. The number of esters is 1. The van der Waals surface area contributed by atoms with Crippen LogP contribution >= 0.6 is 0 Å². The Morgan fingerprint density at radius 3 is 2.65 bits per heavy atom. The van der Waals surface area contributed by atoms with Crippen LogP contribution < -0.4 is 0 Å². The molecule has 1 aliphatic heterocycles. The Morgan fingerprint density at radius 1 is 1.21 bits per heavy atom. The monoisotopic (exact) mass is 468 g/mol. The van der Waals surface area contributed by atoms with Gasteiger partial charge in [0.1, 0.15) is 11.9 Å². The smallest absolute Gasteiger partial charge is 0.302 e. The molecule has 34 heavy (non-hydrogen) atoms. The summed E-state index contributed by atoms with van der Waals surface area (Å²) in [6.45, 7) is 10.8. The van der Waals surface area contributed by atoms with Crippen molar-refractivity contribution >= 4 is 17.5 Å². The van der Waals surface area contributed by atoms with Gasteiger partial charge in [-0.2, -0.15) is 0 Å². The Balaban J connectivity index is 1.41. The number of hydrogen-bond acceptors (Lipinski definition) is 5. The van der Waals surface area contributed by atoms with Crippen LogP contribution in [0.5, 0.6) is 0 Å². The topological polar surface area (TPSA) is 69.7 Å². The van der Waals surface area contributed by atoms with Gasteiger partial charge >= 0.3 is 5.97 Å². The zero-order valence-electron chi connectivity index (χ0n) is 21.4. The minimum Gasteiger partial charge on any atom is -0.498 e. The number of carbonyl (C=O) groups excluding carboxylic acids is 3. The van der Waals surface area contributed by atoms with Crippen LogP contribution in [0.15, 0.2) is 23.5 Å². The Hall–Kier alpha value is -1.91. The van der Waals surface area contributed by atoms with E-state index in [0.717, 1.165) is 49.9 Å². The number of Topliss-reactive ketones (excluding diaryl/α,β-unsaturated/α-hetero) is 1. The molecule has 0 spiro atoms. The molecule has 0 aromatic heterocycles. The second-order valence-corrected chi connectivity index (χ2v) is 12.4. The SMILES string of the molecule is CC(=O)O[C@H]1CC[C@@]2(C)[C@@H](CC[C@H]3C4=CC(=O)[C@H]([C@H](C)C5=CC[C@@H](C)CO5)[C@@]4(C)C(=O)C[C@@H]32)C1. The molecule has 3 saturated carbocycles. The molecule has 0 N–H and O–H groups in total. The van der Waals surface area contributed by atoms with Crippen molar-refractivity contribution in [1.82, 2.24) is 0 Å². The summed E-state index contributed by atoms with van der Waals surface area (Å²) in [5.74, 6) is 2.08. The van der Waals surface area contributed by atoms with Gasteiger partial charge in [0, 0.05) is 25.2 Å². The molecule has 0 aromatic rings. The van der Waals surface area contributed by atoms with Gasteiger partial charge in [0.2, 0.25) is 0 Å². The summed E-state index contributed by atoms with van der Waals surface area (Å²) in [6.07, 6.45) is 10.3. The second-order valence-electron chi connectivity index (χ2n) is 12.4. The van der Waals surface area contributed by atoms with Crippen LogP contribution in [0, 0.1) is 46.3 Å². The lowest BCUT2D eigenvalue weighted by atomic mass is 9.45. The molecule has 0 radical (unpaired) electrons. The first-order valence-electron chi connectivity index (χ1n) is 13.3. The lowest BCUT2D eigenvalue weighted by Crippen LogP contribution is -2.55. The average molecular weight is 469 g/mol. The molecule has 5 rings (SSSR count). The van der Waals surface area contributed by atoms with Crippen LogP contribution in [0.3, 0.4) is 0 Å². The lowest BCUT2D eigenvalue weighted by molar-refractivity contribution is -0.157. The average Bonchev–Trinajstić information content (AvgIpc) is 3.06. The molecule has 0 amide bonds. The molecule has 186 valence electrons. The number of ketones is 2. The highest BCUT2D eigenvalue weighted by Gasteiger charge is 2.63. The molecular formula is C29H40O5. The van der Waals surface area contributed by atoms with Crippen molar-refractivity contribution in [3.63, 3.8) is 0 Å². The van der Waals surface area contributed by atoms with E-state index in [4.69, 9.17) is 9.47 Å². The lowest BCUT2D eigenvalue weighted by Gasteiger charge is -2.59. The van der Waals surface area contributed by atoms with Crippen molar-refractivity contribution in [1.29, 1.82) is 0 Å². The molecule has 0 bridgehead atoms. The first-order valence-corrected chi connectivity index (χ1v) is 13.3. The number of hydrogen-bond donors (Lipinski definition) is 0. The molecule has 3 fully saturated rings.